The molecule has 2 aliphatic rings. The maximum absolute atomic E-state index is 13.8. The summed E-state index contributed by atoms with van der Waals surface area (Å²) < 4.78 is 28.4. The number of phenols is 2. The van der Waals surface area contributed by atoms with Crippen LogP contribution in [0.4, 0.5) is 0 Å². The molecule has 3 atom stereocenters. The quantitative estimate of drug-likeness (QED) is 0.301. The lowest BCUT2D eigenvalue weighted by molar-refractivity contribution is -0.0908. The summed E-state index contributed by atoms with van der Waals surface area (Å²) >= 11 is 6.28. The summed E-state index contributed by atoms with van der Waals surface area (Å²) in [6, 6.07) is 4.51. The van der Waals surface area contributed by atoms with Crippen LogP contribution in [-0.4, -0.2) is 67.8 Å². The van der Waals surface area contributed by atoms with Crippen LogP contribution in [0.1, 0.15) is 39.3 Å². The van der Waals surface area contributed by atoms with Crippen molar-refractivity contribution in [1.82, 2.24) is 4.90 Å². The molecular formula is C29H26ClNO10. The molecule has 3 N–H and O–H groups in total. The molecule has 2 heterocycles. The van der Waals surface area contributed by atoms with Gasteiger partial charge in [0.1, 0.15) is 23.0 Å². The van der Waals surface area contributed by atoms with Crippen molar-refractivity contribution in [2.45, 2.75) is 24.9 Å². The van der Waals surface area contributed by atoms with Crippen molar-refractivity contribution in [1.29, 1.82) is 0 Å². The monoisotopic (exact) mass is 583 g/mol. The predicted molar refractivity (Wildman–Crippen MR) is 148 cm³/mol. The summed E-state index contributed by atoms with van der Waals surface area (Å²) in [6.07, 6.45) is -2.81. The lowest BCUT2D eigenvalue weighted by Gasteiger charge is -2.38. The van der Waals surface area contributed by atoms with Crippen molar-refractivity contribution in [3.8, 4) is 34.1 Å². The molecular weight excluding hydrogens is 558 g/mol. The molecule has 1 aliphatic carbocycles. The highest BCUT2D eigenvalue weighted by atomic mass is 35.5. The van der Waals surface area contributed by atoms with Crippen molar-refractivity contribution < 1.29 is 43.5 Å². The van der Waals surface area contributed by atoms with Crippen molar-refractivity contribution in [3.63, 3.8) is 0 Å². The number of aliphatic hydroxyl groups excluding tert-OH is 1. The number of carbonyl (C=O) groups excluding carboxylic acids is 1. The predicted octanol–water partition coefficient (Wildman–Crippen LogP) is 4.03. The van der Waals surface area contributed by atoms with Gasteiger partial charge in [-0.3, -0.25) is 9.59 Å². The number of halogens is 1. The number of hydrogen-bond acceptors (Lipinski definition) is 10. The number of phenolic OH excluding ortho intramolecular Hbond substituents is 2. The van der Waals surface area contributed by atoms with E-state index in [0.717, 1.165) is 0 Å². The number of hydrogen-bond donors (Lipinski definition) is 3. The Morgan fingerprint density at radius 3 is 2.27 bits per heavy atom. The van der Waals surface area contributed by atoms with Crippen LogP contribution in [0.3, 0.4) is 0 Å². The third-order valence-corrected chi connectivity index (χ3v) is 8.31. The fourth-order valence-electron chi connectivity index (χ4n) is 6.11. The number of aromatic hydroxyl groups is 2. The van der Waals surface area contributed by atoms with Gasteiger partial charge >= 0.3 is 0 Å². The smallest absolute Gasteiger partial charge is 0.259 e. The van der Waals surface area contributed by atoms with E-state index < -0.39 is 41.3 Å². The van der Waals surface area contributed by atoms with E-state index in [1.807, 2.05) is 0 Å². The SMILES string of the molecule is COc1c(Cl)ccc2c(=O)c3c(O)c4c(c(OC)c3oc12)CC(OC)c1cc2c(c(O)c1-4)C(=O)N(C)C(OC)C2O. The van der Waals surface area contributed by atoms with Crippen LogP contribution in [0.25, 0.3) is 33.1 Å². The average Bonchev–Trinajstić information content (AvgIpc) is 2.95. The van der Waals surface area contributed by atoms with Crippen molar-refractivity contribution in [3.05, 3.63) is 55.7 Å². The number of benzene rings is 3. The van der Waals surface area contributed by atoms with Crippen molar-refractivity contribution in [2.24, 2.45) is 0 Å². The Bertz CT molecular complexity index is 1850. The summed E-state index contributed by atoms with van der Waals surface area (Å²) in [4.78, 5) is 28.4. The Kier molecular flexibility index (Phi) is 6.31. The zero-order valence-electron chi connectivity index (χ0n) is 22.7. The molecule has 4 aromatic rings. The van der Waals surface area contributed by atoms with Crippen molar-refractivity contribution >= 4 is 39.4 Å². The maximum Gasteiger partial charge on any atom is 0.259 e. The number of likely N-dealkylation sites (N-methyl/N-ethyl adjacent to an activating group) is 1. The molecule has 0 saturated carbocycles. The molecule has 1 aliphatic heterocycles. The number of methoxy groups -OCH3 is 4. The third kappa shape index (κ3) is 3.50. The standard InChI is InChI=1S/C29H26ClNO10/c1-31-28(36)18-12(21(33)29(31)40-5)8-11-15(37-2)9-13-17(16(11)22(18)34)23(35)19-20(32)10-6-7-14(30)26(39-4)25(10)41-27(19)24(13)38-3/h6-8,15,21,29,33-35H,9H2,1-5H3. The van der Waals surface area contributed by atoms with Crippen molar-refractivity contribution in [2.75, 3.05) is 35.5 Å². The lowest BCUT2D eigenvalue weighted by atomic mass is 9.77. The molecule has 0 saturated heterocycles. The molecule has 0 spiro atoms. The topological polar surface area (TPSA) is 148 Å². The van der Waals surface area contributed by atoms with Crippen LogP contribution >= 0.6 is 11.6 Å². The van der Waals surface area contributed by atoms with Gasteiger partial charge in [-0.1, -0.05) is 11.6 Å². The number of nitrogens with zero attached hydrogens (tertiary/aromatic N) is 1. The van der Waals surface area contributed by atoms with Gasteiger partial charge in [-0.05, 0) is 23.8 Å². The minimum Gasteiger partial charge on any atom is -0.506 e. The van der Waals surface area contributed by atoms with E-state index in [2.05, 4.69) is 0 Å². The molecule has 3 unspecified atom stereocenters. The summed E-state index contributed by atoms with van der Waals surface area (Å²) in [7, 11) is 7.05. The van der Waals surface area contributed by atoms with E-state index in [4.69, 9.17) is 35.0 Å². The second-order valence-corrected chi connectivity index (χ2v) is 10.3. The number of rotatable bonds is 4. The molecule has 11 nitrogen and oxygen atoms in total. The summed E-state index contributed by atoms with van der Waals surface area (Å²) in [5, 5.41) is 34.6. The lowest BCUT2D eigenvalue weighted by Crippen LogP contribution is -2.47. The molecule has 1 aromatic heterocycles. The number of amides is 1. The highest BCUT2D eigenvalue weighted by Crippen LogP contribution is 2.56. The largest absolute Gasteiger partial charge is 0.506 e. The Hall–Kier alpha value is -4.03. The van der Waals surface area contributed by atoms with Crippen LogP contribution in [-0.2, 0) is 15.9 Å². The Morgan fingerprint density at radius 2 is 1.63 bits per heavy atom. The number of ether oxygens (including phenoxy) is 4. The second kappa shape index (κ2) is 9.52. The van der Waals surface area contributed by atoms with Gasteiger partial charge in [0.2, 0.25) is 5.43 Å². The van der Waals surface area contributed by atoms with Gasteiger partial charge in [-0.2, -0.15) is 0 Å². The minimum atomic E-state index is -1.27. The van der Waals surface area contributed by atoms with E-state index in [0.29, 0.717) is 11.1 Å². The van der Waals surface area contributed by atoms with E-state index in [1.54, 1.807) is 6.07 Å². The number of carbonyl (C=O) groups is 1. The molecule has 3 aromatic carbocycles. The van der Waals surface area contributed by atoms with Crippen LogP contribution in [0.2, 0.25) is 5.02 Å². The van der Waals surface area contributed by atoms with Gasteiger partial charge in [-0.15, -0.1) is 0 Å². The van der Waals surface area contributed by atoms with Gasteiger partial charge in [0.25, 0.3) is 5.91 Å². The number of fused-ring (bicyclic) bond motifs is 6. The zero-order chi connectivity index (χ0) is 29.5. The Labute approximate surface area is 238 Å². The summed E-state index contributed by atoms with van der Waals surface area (Å²) in [6.45, 7) is 0. The highest BCUT2D eigenvalue weighted by molar-refractivity contribution is 6.33. The van der Waals surface area contributed by atoms with Gasteiger partial charge < -0.3 is 43.6 Å². The van der Waals surface area contributed by atoms with Gasteiger partial charge in [-0.25, -0.2) is 0 Å². The average molecular weight is 584 g/mol. The van der Waals surface area contributed by atoms with Gasteiger partial charge in [0.05, 0.1) is 36.3 Å². The van der Waals surface area contributed by atoms with Gasteiger partial charge in [0, 0.05) is 49.9 Å². The molecule has 1 amide bonds. The normalized spacial score (nSPS) is 19.7. The fraction of sp³-hybridized carbons (Fsp3) is 0.310. The van der Waals surface area contributed by atoms with E-state index in [-0.39, 0.29) is 67.1 Å². The number of aliphatic hydroxyl groups is 1. The molecule has 0 bridgehead atoms. The third-order valence-electron chi connectivity index (χ3n) is 8.01. The summed E-state index contributed by atoms with van der Waals surface area (Å²) in [5.74, 6) is -1.29. The fourth-order valence-corrected chi connectivity index (χ4v) is 6.33. The van der Waals surface area contributed by atoms with E-state index in [9.17, 15) is 24.9 Å². The first-order valence-corrected chi connectivity index (χ1v) is 12.9. The molecule has 214 valence electrons. The molecule has 0 fully saturated rings. The Balaban J connectivity index is 1.77. The highest BCUT2D eigenvalue weighted by Gasteiger charge is 2.44. The molecule has 6 rings (SSSR count). The second-order valence-electron chi connectivity index (χ2n) is 9.90. The summed E-state index contributed by atoms with van der Waals surface area (Å²) in [5.41, 5.74) is 0.379. The first kappa shape index (κ1) is 27.2. The van der Waals surface area contributed by atoms with Crippen LogP contribution in [0.5, 0.6) is 23.0 Å². The molecule has 41 heavy (non-hydrogen) atoms. The first-order valence-electron chi connectivity index (χ1n) is 12.6. The Morgan fingerprint density at radius 1 is 0.927 bits per heavy atom. The van der Waals surface area contributed by atoms with E-state index >= 15 is 0 Å². The van der Waals surface area contributed by atoms with E-state index in [1.165, 1.54) is 52.5 Å². The molecule has 12 heteroatoms. The van der Waals surface area contributed by atoms with Crippen LogP contribution in [0.15, 0.2) is 27.4 Å². The first-order chi connectivity index (χ1) is 19.6. The van der Waals surface area contributed by atoms with Crippen LogP contribution < -0.4 is 14.9 Å². The van der Waals surface area contributed by atoms with Crippen LogP contribution in [0, 0.1) is 0 Å². The maximum atomic E-state index is 13.8. The minimum absolute atomic E-state index is 0.0493. The molecule has 0 radical (unpaired) electrons. The van der Waals surface area contributed by atoms with Gasteiger partial charge in [0.15, 0.2) is 28.9 Å². The zero-order valence-corrected chi connectivity index (χ0v) is 23.5.